The molecule has 0 radical (unpaired) electrons. The van der Waals surface area contributed by atoms with Gasteiger partial charge in [0.25, 0.3) is 5.91 Å². The Balaban J connectivity index is 1.83. The number of carbonyl (C=O) groups is 1. The number of rotatable bonds is 5. The van der Waals surface area contributed by atoms with Gasteiger partial charge in [-0.05, 0) is 30.3 Å². The molecule has 1 aromatic carbocycles. The number of methoxy groups -OCH3 is 1. The number of halogens is 1. The molecule has 0 aliphatic rings. The van der Waals surface area contributed by atoms with Gasteiger partial charge in [0.1, 0.15) is 17.2 Å². The molecule has 0 fully saturated rings. The van der Waals surface area contributed by atoms with Crippen LogP contribution in [0.3, 0.4) is 0 Å². The smallest absolute Gasteiger partial charge is 0.255 e. The monoisotopic (exact) mass is 436 g/mol. The van der Waals surface area contributed by atoms with Crippen LogP contribution >= 0.6 is 0 Å². The molecule has 8 nitrogen and oxygen atoms in total. The fourth-order valence-electron chi connectivity index (χ4n) is 3.54. The Morgan fingerprint density at radius 1 is 1.22 bits per heavy atom. The van der Waals surface area contributed by atoms with E-state index < -0.39 is 17.8 Å². The lowest BCUT2D eigenvalue weighted by molar-refractivity contribution is -0.605. The molecule has 1 amide bonds. The lowest BCUT2D eigenvalue weighted by atomic mass is 10.0. The van der Waals surface area contributed by atoms with Crippen LogP contribution in [0.4, 0.5) is 4.39 Å². The van der Waals surface area contributed by atoms with Crippen LogP contribution in [0, 0.1) is 11.0 Å². The van der Waals surface area contributed by atoms with Crippen LogP contribution in [-0.4, -0.2) is 47.1 Å². The van der Waals surface area contributed by atoms with Crippen LogP contribution in [0.5, 0.6) is 5.75 Å². The van der Waals surface area contributed by atoms with Gasteiger partial charge in [0.15, 0.2) is 18.5 Å². The Hall–Kier alpha value is -3.98. The molecule has 4 rings (SSSR count). The Morgan fingerprint density at radius 2 is 2.00 bits per heavy atom. The number of ether oxygens (including phenoxy) is 1. The predicted octanol–water partition coefficient (Wildman–Crippen LogP) is 2.80. The molecule has 0 saturated carbocycles. The molecule has 1 unspecified atom stereocenters. The van der Waals surface area contributed by atoms with Crippen molar-refractivity contribution in [2.24, 2.45) is 0 Å². The van der Waals surface area contributed by atoms with Crippen LogP contribution in [0.25, 0.3) is 33.3 Å². The summed E-state index contributed by atoms with van der Waals surface area (Å²) < 4.78 is 19.8. The number of likely N-dealkylation sites (N-methyl/N-ethyl adjacent to an activating group) is 1. The van der Waals surface area contributed by atoms with Crippen molar-refractivity contribution < 1.29 is 23.8 Å². The van der Waals surface area contributed by atoms with Gasteiger partial charge in [0.2, 0.25) is 0 Å². The molecule has 32 heavy (non-hydrogen) atoms. The zero-order chi connectivity index (χ0) is 23.0. The summed E-state index contributed by atoms with van der Waals surface area (Å²) >= 11 is 0. The summed E-state index contributed by atoms with van der Waals surface area (Å²) in [6.45, 7) is 0. The summed E-state index contributed by atoms with van der Waals surface area (Å²) in [6, 6.07) is 7.62. The molecule has 0 bridgehead atoms. The number of carbonyl (C=O) groups excluding carboxylic acids is 1. The number of pyridine rings is 2. The molecule has 164 valence electrons. The molecule has 2 N–H and O–H groups in total. The first-order valence-corrected chi connectivity index (χ1v) is 9.73. The number of aliphatic hydroxyl groups excluding tert-OH is 1. The van der Waals surface area contributed by atoms with Crippen molar-refractivity contribution in [2.75, 3.05) is 21.2 Å². The maximum absolute atomic E-state index is 13.9. The van der Waals surface area contributed by atoms with E-state index in [0.29, 0.717) is 43.8 Å². The second-order valence-electron chi connectivity index (χ2n) is 7.52. The standard InChI is InChI=1S/C23H21FN4O4/c1-27(2)23(30)21(29)15-6-14(11-28(31)12-15)13-7-18-19(10-26-22(18)25-9-13)17-8-16(24)4-5-20(17)32-3/h4-12,21,29H,1-3H3,(H,25,26). The fourth-order valence-corrected chi connectivity index (χ4v) is 3.54. The van der Waals surface area contributed by atoms with Crippen molar-refractivity contribution in [3.8, 4) is 28.0 Å². The number of benzene rings is 1. The van der Waals surface area contributed by atoms with E-state index in [0.717, 1.165) is 6.20 Å². The lowest BCUT2D eigenvalue weighted by Crippen LogP contribution is -2.31. The van der Waals surface area contributed by atoms with Crippen molar-refractivity contribution in [1.82, 2.24) is 14.9 Å². The third-order valence-electron chi connectivity index (χ3n) is 5.17. The summed E-state index contributed by atoms with van der Waals surface area (Å²) in [4.78, 5) is 20.9. The summed E-state index contributed by atoms with van der Waals surface area (Å²) in [7, 11) is 4.55. The van der Waals surface area contributed by atoms with E-state index in [1.165, 1.54) is 44.4 Å². The molecule has 3 heterocycles. The first-order chi connectivity index (χ1) is 15.3. The maximum atomic E-state index is 13.9. The summed E-state index contributed by atoms with van der Waals surface area (Å²) in [5.74, 6) is -0.442. The van der Waals surface area contributed by atoms with Crippen molar-refractivity contribution in [1.29, 1.82) is 0 Å². The Morgan fingerprint density at radius 3 is 2.72 bits per heavy atom. The molecular weight excluding hydrogens is 415 g/mol. The highest BCUT2D eigenvalue weighted by atomic mass is 19.1. The Kier molecular flexibility index (Phi) is 5.50. The number of nitrogens with one attached hydrogen (secondary N) is 1. The molecule has 9 heteroatoms. The van der Waals surface area contributed by atoms with Crippen molar-refractivity contribution in [2.45, 2.75) is 6.10 Å². The van der Waals surface area contributed by atoms with Crippen LogP contribution in [0.2, 0.25) is 0 Å². The maximum Gasteiger partial charge on any atom is 0.255 e. The van der Waals surface area contributed by atoms with E-state index in [2.05, 4.69) is 9.97 Å². The van der Waals surface area contributed by atoms with Crippen molar-refractivity contribution in [3.63, 3.8) is 0 Å². The summed E-state index contributed by atoms with van der Waals surface area (Å²) in [6.07, 6.45) is 4.30. The van der Waals surface area contributed by atoms with Crippen LogP contribution in [0.15, 0.2) is 55.1 Å². The average molecular weight is 436 g/mol. The second kappa shape index (κ2) is 8.27. The van der Waals surface area contributed by atoms with Crippen molar-refractivity contribution in [3.05, 3.63) is 71.7 Å². The van der Waals surface area contributed by atoms with E-state index in [4.69, 9.17) is 4.74 Å². The topological polar surface area (TPSA) is 105 Å². The fraction of sp³-hybridized carbons (Fsp3) is 0.174. The molecule has 0 aliphatic heterocycles. The first kappa shape index (κ1) is 21.3. The van der Waals surface area contributed by atoms with E-state index >= 15 is 0 Å². The van der Waals surface area contributed by atoms with Crippen LogP contribution in [-0.2, 0) is 4.79 Å². The number of amides is 1. The minimum atomic E-state index is -1.47. The largest absolute Gasteiger partial charge is 0.619 e. The SMILES string of the molecule is COc1ccc(F)cc1-c1c[nH]c2ncc(-c3cc(C(O)C(=O)N(C)C)c[n+]([O-])c3)cc12. The average Bonchev–Trinajstić information content (AvgIpc) is 3.20. The minimum Gasteiger partial charge on any atom is -0.619 e. The number of aromatic nitrogens is 3. The quantitative estimate of drug-likeness (QED) is 0.370. The van der Waals surface area contributed by atoms with Gasteiger partial charge in [-0.1, -0.05) is 0 Å². The van der Waals surface area contributed by atoms with E-state index in [9.17, 15) is 19.5 Å². The van der Waals surface area contributed by atoms with Gasteiger partial charge in [-0.3, -0.25) is 4.79 Å². The summed E-state index contributed by atoms with van der Waals surface area (Å²) in [5, 5.41) is 23.3. The number of hydrogen-bond donors (Lipinski definition) is 2. The van der Waals surface area contributed by atoms with Crippen LogP contribution in [0.1, 0.15) is 11.7 Å². The van der Waals surface area contributed by atoms with Gasteiger partial charge in [-0.15, -0.1) is 0 Å². The molecule has 3 aromatic heterocycles. The van der Waals surface area contributed by atoms with Gasteiger partial charge in [0, 0.05) is 54.1 Å². The van der Waals surface area contributed by atoms with E-state index in [1.54, 1.807) is 30.6 Å². The first-order valence-electron chi connectivity index (χ1n) is 9.73. The minimum absolute atomic E-state index is 0.164. The van der Waals surface area contributed by atoms with Gasteiger partial charge in [-0.25, -0.2) is 9.37 Å². The van der Waals surface area contributed by atoms with Gasteiger partial charge >= 0.3 is 0 Å². The number of hydrogen-bond acceptors (Lipinski definition) is 5. The number of aliphatic hydroxyl groups is 1. The van der Waals surface area contributed by atoms with Crippen molar-refractivity contribution >= 4 is 16.9 Å². The number of fused-ring (bicyclic) bond motifs is 1. The highest BCUT2D eigenvalue weighted by molar-refractivity contribution is 5.97. The Labute approximate surface area is 183 Å². The molecule has 0 aliphatic carbocycles. The van der Waals surface area contributed by atoms with Gasteiger partial charge in [0.05, 0.1) is 12.7 Å². The zero-order valence-corrected chi connectivity index (χ0v) is 17.7. The van der Waals surface area contributed by atoms with E-state index in [1.807, 2.05) is 0 Å². The molecular formula is C23H21FN4O4. The highest BCUT2D eigenvalue weighted by Crippen LogP contribution is 2.36. The number of aromatic amines is 1. The van der Waals surface area contributed by atoms with Crippen LogP contribution < -0.4 is 9.47 Å². The summed E-state index contributed by atoms with van der Waals surface area (Å²) in [5.41, 5.74) is 3.03. The highest BCUT2D eigenvalue weighted by Gasteiger charge is 2.23. The lowest BCUT2D eigenvalue weighted by Gasteiger charge is -2.16. The zero-order valence-electron chi connectivity index (χ0n) is 17.7. The third kappa shape index (κ3) is 3.85. The normalized spacial score (nSPS) is 12.0. The molecule has 0 spiro atoms. The Bertz CT molecular complexity index is 1320. The number of H-pyrrole nitrogens is 1. The van der Waals surface area contributed by atoms with E-state index in [-0.39, 0.29) is 5.56 Å². The number of nitrogens with zero attached hydrogens (tertiary/aromatic N) is 3. The van der Waals surface area contributed by atoms with Gasteiger partial charge < -0.3 is 24.9 Å². The predicted molar refractivity (Wildman–Crippen MR) is 116 cm³/mol. The van der Waals surface area contributed by atoms with Gasteiger partial charge in [-0.2, -0.15) is 4.73 Å². The molecule has 1 atom stereocenters. The molecule has 0 saturated heterocycles. The molecule has 4 aromatic rings. The third-order valence-corrected chi connectivity index (χ3v) is 5.17. The second-order valence-corrected chi connectivity index (χ2v) is 7.52.